The molecule has 3 unspecified atom stereocenters. The molecule has 9 nitrogen and oxygen atoms in total. The molecule has 3 fully saturated rings. The molecule has 2 saturated carbocycles. The molecule has 0 aromatic carbocycles. The van der Waals surface area contributed by atoms with Crippen molar-refractivity contribution >= 4 is 22.0 Å². The maximum absolute atomic E-state index is 11.9. The molecule has 1 heterocycles. The van der Waals surface area contributed by atoms with E-state index in [9.17, 15) is 18.0 Å². The minimum atomic E-state index is -4.08. The number of hydrogen-bond acceptors (Lipinski definition) is 6. The van der Waals surface area contributed by atoms with Crippen molar-refractivity contribution < 1.29 is 32.4 Å². The van der Waals surface area contributed by atoms with Crippen molar-refractivity contribution in [3.8, 4) is 0 Å². The van der Waals surface area contributed by atoms with Gasteiger partial charge in [-0.15, -0.1) is 0 Å². The van der Waals surface area contributed by atoms with Gasteiger partial charge in [0.2, 0.25) is 0 Å². The van der Waals surface area contributed by atoms with Crippen LogP contribution in [0, 0.1) is 16.7 Å². The van der Waals surface area contributed by atoms with E-state index in [1.54, 1.807) is 7.11 Å². The van der Waals surface area contributed by atoms with Crippen molar-refractivity contribution in [1.82, 2.24) is 4.90 Å². The lowest BCUT2D eigenvalue weighted by Crippen LogP contribution is -2.52. The third kappa shape index (κ3) is 4.28. The Kier molecular flexibility index (Phi) is 6.25. The number of likely N-dealkylation sites (tertiary alicyclic amines) is 1. The van der Waals surface area contributed by atoms with Crippen molar-refractivity contribution in [1.29, 1.82) is 0 Å². The Morgan fingerprint density at radius 2 is 2.00 bits per heavy atom. The van der Waals surface area contributed by atoms with Crippen molar-refractivity contribution in [2.45, 2.75) is 51.7 Å². The van der Waals surface area contributed by atoms with Crippen LogP contribution in [0.25, 0.3) is 0 Å². The van der Waals surface area contributed by atoms with Gasteiger partial charge in [-0.1, -0.05) is 13.8 Å². The number of nitrogens with zero attached hydrogens (tertiary/aromatic N) is 1. The molecule has 2 aliphatic carbocycles. The second-order valence-electron chi connectivity index (χ2n) is 8.35. The van der Waals surface area contributed by atoms with E-state index >= 15 is 0 Å². The van der Waals surface area contributed by atoms with E-state index < -0.39 is 27.4 Å². The first-order valence-electron chi connectivity index (χ1n) is 9.09. The lowest BCUT2D eigenvalue weighted by molar-refractivity contribution is -0.128. The minimum Gasteiger partial charge on any atom is -0.465 e. The molecular weight excluding hydrogens is 376 g/mol. The van der Waals surface area contributed by atoms with Crippen LogP contribution >= 0.6 is 0 Å². The van der Waals surface area contributed by atoms with E-state index in [4.69, 9.17) is 20.1 Å². The molecule has 2 bridgehead atoms. The number of methoxy groups -OCH3 is 1. The molecule has 1 aliphatic heterocycles. The summed E-state index contributed by atoms with van der Waals surface area (Å²) in [6.45, 7) is 4.78. The second-order valence-corrected chi connectivity index (χ2v) is 9.80. The van der Waals surface area contributed by atoms with Gasteiger partial charge in [-0.2, -0.15) is 8.42 Å². The second kappa shape index (κ2) is 7.65. The number of carboxylic acid groups (broad SMARTS) is 1. The summed E-state index contributed by atoms with van der Waals surface area (Å²) in [6, 6.07) is -0.0365. The van der Waals surface area contributed by atoms with Gasteiger partial charge >= 0.3 is 6.09 Å². The average molecular weight is 407 g/mol. The van der Waals surface area contributed by atoms with E-state index in [2.05, 4.69) is 0 Å². The van der Waals surface area contributed by atoms with E-state index in [1.165, 1.54) is 4.90 Å². The lowest BCUT2D eigenvalue weighted by atomic mass is 9.70. The zero-order valence-electron chi connectivity index (χ0n) is 16.1. The fraction of sp³-hybridized carbons (Fsp3) is 0.882. The molecule has 0 spiro atoms. The third-order valence-corrected chi connectivity index (χ3v) is 7.61. The molecule has 27 heavy (non-hydrogen) atoms. The van der Waals surface area contributed by atoms with Crippen molar-refractivity contribution in [2.75, 3.05) is 26.0 Å². The molecule has 3 rings (SSSR count). The molecule has 3 aliphatic rings. The molecule has 10 heteroatoms. The first-order chi connectivity index (χ1) is 12.3. The number of rotatable bonds is 3. The summed E-state index contributed by atoms with van der Waals surface area (Å²) in [6.07, 6.45) is 1.59. The predicted molar refractivity (Wildman–Crippen MR) is 98.0 cm³/mol. The fourth-order valence-electron chi connectivity index (χ4n) is 4.78. The van der Waals surface area contributed by atoms with Crippen molar-refractivity contribution in [3.05, 3.63) is 0 Å². The first-order valence-corrected chi connectivity index (χ1v) is 10.7. The van der Waals surface area contributed by atoms with Gasteiger partial charge in [0, 0.05) is 26.1 Å². The number of amides is 1. The number of carbonyl (C=O) groups is 2. The summed E-state index contributed by atoms with van der Waals surface area (Å²) in [5.74, 6) is -0.101. The number of Topliss-reactive ketones (excluding diaryl/α,β-unsaturated/α-hetero) is 1. The van der Waals surface area contributed by atoms with Gasteiger partial charge in [-0.3, -0.25) is 9.35 Å². The number of ketones is 1. The number of piperidine rings is 1. The molecule has 4 atom stereocenters. The lowest BCUT2D eigenvalue weighted by Gasteiger charge is -2.35. The number of ether oxygens (including phenoxy) is 1. The van der Waals surface area contributed by atoms with Gasteiger partial charge in [0.1, 0.15) is 5.78 Å². The molecule has 1 amide bonds. The van der Waals surface area contributed by atoms with Crippen LogP contribution < -0.4 is 5.73 Å². The van der Waals surface area contributed by atoms with Gasteiger partial charge < -0.3 is 20.5 Å². The van der Waals surface area contributed by atoms with Gasteiger partial charge in [-0.25, -0.2) is 4.79 Å². The monoisotopic (exact) mass is 406 g/mol. The number of carbonyl (C=O) groups excluding carboxylic acids is 1. The van der Waals surface area contributed by atoms with Crippen LogP contribution in [-0.2, 0) is 19.6 Å². The maximum atomic E-state index is 11.9. The highest BCUT2D eigenvalue weighted by Crippen LogP contribution is 2.64. The molecule has 0 aromatic rings. The maximum Gasteiger partial charge on any atom is 0.407 e. The number of fused-ring (bicyclic) bond motifs is 2. The largest absolute Gasteiger partial charge is 0.465 e. The number of nitrogens with two attached hydrogens (primary N) is 1. The van der Waals surface area contributed by atoms with Crippen LogP contribution in [0.4, 0.5) is 4.79 Å². The topological polar surface area (TPSA) is 147 Å². The molecular formula is C17H30N2O7S. The zero-order chi connectivity index (χ0) is 20.6. The quantitative estimate of drug-likeness (QED) is 0.588. The Labute approximate surface area is 160 Å². The Morgan fingerprint density at radius 3 is 2.41 bits per heavy atom. The highest BCUT2D eigenvalue weighted by atomic mass is 32.2. The highest BCUT2D eigenvalue weighted by molar-refractivity contribution is 7.85. The van der Waals surface area contributed by atoms with Crippen LogP contribution in [-0.4, -0.2) is 73.0 Å². The van der Waals surface area contributed by atoms with Crippen LogP contribution in [0.5, 0.6) is 0 Å². The Balaban J connectivity index is 0.000000199. The predicted octanol–water partition coefficient (Wildman–Crippen LogP) is 0.982. The smallest absolute Gasteiger partial charge is 0.407 e. The van der Waals surface area contributed by atoms with Gasteiger partial charge in [0.15, 0.2) is 0 Å². The van der Waals surface area contributed by atoms with E-state index in [0.717, 1.165) is 6.42 Å². The van der Waals surface area contributed by atoms with E-state index in [-0.39, 0.29) is 29.3 Å². The number of hydrogen-bond donors (Lipinski definition) is 3. The highest BCUT2D eigenvalue weighted by Gasteiger charge is 2.65. The van der Waals surface area contributed by atoms with Crippen molar-refractivity contribution in [2.24, 2.45) is 22.5 Å². The van der Waals surface area contributed by atoms with Gasteiger partial charge in [0.05, 0.1) is 23.8 Å². The van der Waals surface area contributed by atoms with Gasteiger partial charge in [0.25, 0.3) is 10.1 Å². The Bertz CT molecular complexity index is 693. The summed E-state index contributed by atoms with van der Waals surface area (Å²) >= 11 is 0. The van der Waals surface area contributed by atoms with Crippen LogP contribution in [0.1, 0.15) is 39.5 Å². The molecule has 0 radical (unpaired) electrons. The van der Waals surface area contributed by atoms with Crippen molar-refractivity contribution in [3.63, 3.8) is 0 Å². The first kappa shape index (κ1) is 22.1. The van der Waals surface area contributed by atoms with Gasteiger partial charge in [-0.05, 0) is 30.6 Å². The summed E-state index contributed by atoms with van der Waals surface area (Å²) in [4.78, 5) is 23.8. The SMILES string of the molecule is CC1(C)C2CC[C@]1(CS(=O)(=O)O)C(=O)C2.COC1CN(C(=O)O)CCC1N. The standard InChI is InChI=1S/C10H16O4S.C7H14N2O3/c1-9(2)7-3-4-10(9,8(11)5-7)6-15(12,13)14;1-12-6-4-9(7(10)11)3-2-5(6)8/h7H,3-6H2,1-2H3,(H,12,13,14);5-6H,2-4,8H2,1H3,(H,10,11)/t7?,10-;/m0./s1. The van der Waals surface area contributed by atoms with Crippen LogP contribution in [0.2, 0.25) is 0 Å². The average Bonchev–Trinajstić information content (AvgIpc) is 2.88. The van der Waals surface area contributed by atoms with Crippen LogP contribution in [0.3, 0.4) is 0 Å². The zero-order valence-corrected chi connectivity index (χ0v) is 16.9. The third-order valence-electron chi connectivity index (χ3n) is 6.75. The Morgan fingerprint density at radius 1 is 1.37 bits per heavy atom. The molecule has 0 aromatic heterocycles. The summed E-state index contributed by atoms with van der Waals surface area (Å²) in [5, 5.41) is 8.67. The fourth-order valence-corrected chi connectivity index (χ4v) is 6.08. The summed E-state index contributed by atoms with van der Waals surface area (Å²) in [5.41, 5.74) is 4.59. The summed E-state index contributed by atoms with van der Waals surface area (Å²) < 4.78 is 36.0. The van der Waals surface area contributed by atoms with Crippen LogP contribution in [0.15, 0.2) is 0 Å². The normalized spacial score (nSPS) is 34.9. The Hall–Kier alpha value is -1.23. The summed E-state index contributed by atoms with van der Waals surface area (Å²) in [7, 11) is -2.52. The molecule has 4 N–H and O–H groups in total. The van der Waals surface area contributed by atoms with E-state index in [1.807, 2.05) is 13.8 Å². The van der Waals surface area contributed by atoms with E-state index in [0.29, 0.717) is 32.4 Å². The molecule has 156 valence electrons. The minimum absolute atomic E-state index is 0.0152. The molecule has 1 saturated heterocycles.